The lowest BCUT2D eigenvalue weighted by atomic mass is 9.72. The van der Waals surface area contributed by atoms with Crippen LogP contribution in [0.1, 0.15) is 0 Å². The summed E-state index contributed by atoms with van der Waals surface area (Å²) in [6, 6.07) is 0. The Bertz CT molecular complexity index is 209. The van der Waals surface area contributed by atoms with Gasteiger partial charge in [-0.15, -0.1) is 18.6 Å². The Morgan fingerprint density at radius 1 is 1.40 bits per heavy atom. The molecule has 0 heterocycles. The summed E-state index contributed by atoms with van der Waals surface area (Å²) in [5.74, 6) is 0. The molecule has 0 nitrogen and oxygen atoms in total. The van der Waals surface area contributed by atoms with Gasteiger partial charge in [-0.2, -0.15) is 0 Å². The zero-order valence-electron chi connectivity index (χ0n) is 5.88. The maximum Gasteiger partial charge on any atom is 0.109 e. The first kappa shape index (κ1) is 7.14. The molecule has 10 heavy (non-hydrogen) atoms. The maximum atomic E-state index is 5.58. The second-order valence-electron chi connectivity index (χ2n) is 2.38. The molecule has 1 heteroatoms. The van der Waals surface area contributed by atoms with Gasteiger partial charge in [-0.1, -0.05) is 30.4 Å². The number of allylic oxidation sites excluding steroid dienone is 6. The minimum Gasteiger partial charge on any atom is -0.109 e. The lowest BCUT2D eigenvalue weighted by Gasteiger charge is -2.20. The Hall–Kier alpha value is -0.975. The van der Waals surface area contributed by atoms with E-state index in [0.717, 1.165) is 0 Å². The summed E-state index contributed by atoms with van der Waals surface area (Å²) in [6.07, 6.45) is 9.62. The molecule has 0 aromatic carbocycles. The van der Waals surface area contributed by atoms with Crippen molar-refractivity contribution in [3.8, 4) is 0 Å². The number of hydrogen-bond donors (Lipinski definition) is 0. The smallest absolute Gasteiger partial charge is 0.109 e. The minimum absolute atomic E-state index is 0.278. The predicted octanol–water partition coefficient (Wildman–Crippen LogP) is 1.97. The molecule has 1 rings (SSSR count). The average Bonchev–Trinajstić information content (AvgIpc) is 2.35. The molecule has 0 N–H and O–H groups in total. The van der Waals surface area contributed by atoms with Crippen molar-refractivity contribution >= 4 is 7.85 Å². The molecule has 0 saturated carbocycles. The molecule has 0 aromatic rings. The topological polar surface area (TPSA) is 0 Å². The summed E-state index contributed by atoms with van der Waals surface area (Å²) in [5.41, 5.74) is 0.340. The zero-order valence-corrected chi connectivity index (χ0v) is 5.88. The Balaban J connectivity index is 3.01. The Labute approximate surface area is 63.0 Å². The van der Waals surface area contributed by atoms with Crippen LogP contribution < -0.4 is 0 Å². The first-order valence-electron chi connectivity index (χ1n) is 3.17. The Morgan fingerprint density at radius 3 is 2.10 bits per heavy atom. The highest BCUT2D eigenvalue weighted by Crippen LogP contribution is 2.32. The molecule has 0 aliphatic heterocycles. The molecule has 0 amide bonds. The quantitative estimate of drug-likeness (QED) is 0.394. The molecular formula is C9H9B. The van der Waals surface area contributed by atoms with E-state index in [0.29, 0.717) is 5.47 Å². The zero-order chi connectivity index (χ0) is 7.61. The molecule has 1 aliphatic rings. The fourth-order valence-electron chi connectivity index (χ4n) is 0.966. The predicted molar refractivity (Wildman–Crippen MR) is 45.8 cm³/mol. The van der Waals surface area contributed by atoms with E-state index >= 15 is 0 Å². The Morgan fingerprint density at radius 2 is 1.90 bits per heavy atom. The van der Waals surface area contributed by atoms with Crippen LogP contribution in [0, 0.1) is 5.41 Å². The van der Waals surface area contributed by atoms with Crippen LogP contribution in [0.15, 0.2) is 49.0 Å². The molecule has 0 saturated heterocycles. The molecule has 0 spiro atoms. The van der Waals surface area contributed by atoms with Crippen molar-refractivity contribution in [2.75, 3.05) is 0 Å². The van der Waals surface area contributed by atoms with Crippen LogP contribution in [0.3, 0.4) is 0 Å². The summed E-state index contributed by atoms with van der Waals surface area (Å²) >= 11 is 0. The van der Waals surface area contributed by atoms with Gasteiger partial charge < -0.3 is 0 Å². The minimum atomic E-state index is -0.278. The van der Waals surface area contributed by atoms with Gasteiger partial charge in [-0.25, -0.2) is 0 Å². The standard InChI is InChI=1S/C9H9B/c1-3-9(8(2)10)6-4-5-7-9/h3-7H,1-2H2. The molecule has 0 unspecified atom stereocenters. The van der Waals surface area contributed by atoms with Crippen molar-refractivity contribution in [1.29, 1.82) is 0 Å². The fourth-order valence-corrected chi connectivity index (χ4v) is 0.966. The lowest BCUT2D eigenvalue weighted by Crippen LogP contribution is -2.11. The molecule has 0 atom stereocenters. The van der Waals surface area contributed by atoms with E-state index in [1.54, 1.807) is 6.08 Å². The van der Waals surface area contributed by atoms with E-state index < -0.39 is 0 Å². The van der Waals surface area contributed by atoms with Crippen molar-refractivity contribution in [2.24, 2.45) is 5.41 Å². The fraction of sp³-hybridized carbons (Fsp3) is 0.111. The van der Waals surface area contributed by atoms with Crippen LogP contribution in [0.4, 0.5) is 0 Å². The van der Waals surface area contributed by atoms with Crippen LogP contribution in [0.25, 0.3) is 0 Å². The summed E-state index contributed by atoms with van der Waals surface area (Å²) < 4.78 is 0. The third kappa shape index (κ3) is 0.880. The summed E-state index contributed by atoms with van der Waals surface area (Å²) in [4.78, 5) is 0. The highest BCUT2D eigenvalue weighted by atomic mass is 14.2. The third-order valence-corrected chi connectivity index (χ3v) is 1.75. The average molecular weight is 128 g/mol. The van der Waals surface area contributed by atoms with Gasteiger partial charge in [0.25, 0.3) is 0 Å². The first-order chi connectivity index (χ1) is 4.71. The van der Waals surface area contributed by atoms with Crippen LogP contribution in [-0.2, 0) is 0 Å². The van der Waals surface area contributed by atoms with E-state index in [-0.39, 0.29) is 5.41 Å². The monoisotopic (exact) mass is 128 g/mol. The van der Waals surface area contributed by atoms with Gasteiger partial charge in [0, 0.05) is 5.41 Å². The van der Waals surface area contributed by atoms with Crippen molar-refractivity contribution < 1.29 is 0 Å². The molecule has 48 valence electrons. The normalized spacial score (nSPS) is 19.2. The van der Waals surface area contributed by atoms with E-state index in [1.807, 2.05) is 24.3 Å². The second kappa shape index (κ2) is 2.33. The van der Waals surface area contributed by atoms with Crippen molar-refractivity contribution in [1.82, 2.24) is 0 Å². The SMILES string of the molecule is [B]C(=C)C1(C=C)C=CC=C1. The number of rotatable bonds is 2. The van der Waals surface area contributed by atoms with Crippen LogP contribution in [0.5, 0.6) is 0 Å². The molecular weight excluding hydrogens is 119 g/mol. The van der Waals surface area contributed by atoms with Gasteiger partial charge in [0.15, 0.2) is 0 Å². The highest BCUT2D eigenvalue weighted by molar-refractivity contribution is 6.22. The van der Waals surface area contributed by atoms with Crippen LogP contribution in [0.2, 0.25) is 0 Å². The first-order valence-corrected chi connectivity index (χ1v) is 3.17. The summed E-state index contributed by atoms with van der Waals surface area (Å²) in [6.45, 7) is 7.38. The van der Waals surface area contributed by atoms with Gasteiger partial charge >= 0.3 is 0 Å². The molecule has 1 aliphatic carbocycles. The van der Waals surface area contributed by atoms with Gasteiger partial charge in [0.2, 0.25) is 0 Å². The highest BCUT2D eigenvalue weighted by Gasteiger charge is 2.21. The second-order valence-corrected chi connectivity index (χ2v) is 2.38. The van der Waals surface area contributed by atoms with E-state index in [1.165, 1.54) is 0 Å². The van der Waals surface area contributed by atoms with E-state index in [9.17, 15) is 0 Å². The van der Waals surface area contributed by atoms with E-state index in [4.69, 9.17) is 7.85 Å². The van der Waals surface area contributed by atoms with Gasteiger partial charge in [0.05, 0.1) is 0 Å². The maximum absolute atomic E-state index is 5.58. The lowest BCUT2D eigenvalue weighted by molar-refractivity contribution is 0.820. The molecule has 0 fully saturated rings. The van der Waals surface area contributed by atoms with Gasteiger partial charge in [-0.3, -0.25) is 0 Å². The van der Waals surface area contributed by atoms with Gasteiger partial charge in [-0.05, 0) is 0 Å². The van der Waals surface area contributed by atoms with Crippen molar-refractivity contribution in [3.63, 3.8) is 0 Å². The van der Waals surface area contributed by atoms with Crippen molar-refractivity contribution in [3.05, 3.63) is 49.0 Å². The molecule has 0 aromatic heterocycles. The molecule has 0 bridgehead atoms. The van der Waals surface area contributed by atoms with Gasteiger partial charge in [0.1, 0.15) is 7.85 Å². The largest absolute Gasteiger partial charge is 0.109 e. The van der Waals surface area contributed by atoms with Crippen LogP contribution in [-0.4, -0.2) is 7.85 Å². The van der Waals surface area contributed by atoms with Crippen LogP contribution >= 0.6 is 0 Å². The van der Waals surface area contributed by atoms with E-state index in [2.05, 4.69) is 13.2 Å². The van der Waals surface area contributed by atoms with Crippen molar-refractivity contribution in [2.45, 2.75) is 0 Å². The summed E-state index contributed by atoms with van der Waals surface area (Å²) in [5, 5.41) is 0. The summed E-state index contributed by atoms with van der Waals surface area (Å²) in [7, 11) is 5.58. The number of hydrogen-bond acceptors (Lipinski definition) is 0. The third-order valence-electron chi connectivity index (χ3n) is 1.75. The Kier molecular flexibility index (Phi) is 1.67. The molecule has 2 radical (unpaired) electrons.